The van der Waals surface area contributed by atoms with Crippen LogP contribution < -0.4 is 15.1 Å². The van der Waals surface area contributed by atoms with E-state index in [-0.39, 0.29) is 12.3 Å². The first kappa shape index (κ1) is 73.3. The number of nitrogens with one attached hydrogen (secondary N) is 1. The maximum absolute atomic E-state index is 11.1. The Balaban J connectivity index is 0.000000246. The molecule has 0 unspecified atom stereocenters. The minimum Gasteiger partial charge on any atom is -0.478 e. The van der Waals surface area contributed by atoms with Crippen LogP contribution in [0.25, 0.3) is 0 Å². The molecule has 0 amide bonds. The second-order valence-corrected chi connectivity index (χ2v) is 27.0. The standard InChI is InChI=1S/C19H17NO5S2.C16H19NO5S2.C12H11NO2S.C7H7BrO3S.C4H8O2S.CH4/c21-19(22)15-10-18(26-13-15)12-20(16-4-2-1-3-5-16)11-14-6-8-17(9-7-14)27-25-24-23;18-16(19)13-10-15(23-12-13)11-17(14-6-2-1-3-7-14)8-4-5-9-24-22-21-20;14-12(15)9-6-11(16-8-9)7-13-10-4-2-1-3-5-10;8-5-6-1-3-7(4-2-6)12(9,10)11;5-7(6)3-1-2-4-7;/h1-10,13,23H,11-12H2,(H,21,22);1-3,6-7,10,12,20H,4-5,8-9,11H2,(H,18,19);1-6,8,13H,7H2,(H,14,15);1-4H,5H2,(H,9,10,11);1-4H2;1H4. The molecule has 0 saturated carbocycles. The highest BCUT2D eigenvalue weighted by molar-refractivity contribution is 9.08. The van der Waals surface area contributed by atoms with E-state index in [1.165, 1.54) is 46.1 Å². The van der Waals surface area contributed by atoms with Gasteiger partial charge in [0.25, 0.3) is 10.1 Å². The zero-order valence-electron chi connectivity index (χ0n) is 45.7. The van der Waals surface area contributed by atoms with Crippen LogP contribution in [0.15, 0.2) is 184 Å². The van der Waals surface area contributed by atoms with Crippen LogP contribution in [0.5, 0.6) is 0 Å². The number of hydrogen-bond acceptors (Lipinski definition) is 21. The molecule has 8 aromatic rings. The van der Waals surface area contributed by atoms with Crippen LogP contribution >= 0.6 is 74.0 Å². The van der Waals surface area contributed by atoms with Crippen molar-refractivity contribution in [2.24, 2.45) is 0 Å². The number of nitrogens with zero attached hydrogens (tertiary/aromatic N) is 2. The summed E-state index contributed by atoms with van der Waals surface area (Å²) >= 11 is 9.55. The van der Waals surface area contributed by atoms with Crippen LogP contribution in [0.3, 0.4) is 0 Å². The highest BCUT2D eigenvalue weighted by Crippen LogP contribution is 2.27. The third-order valence-corrected chi connectivity index (χ3v) is 19.2. The van der Waals surface area contributed by atoms with E-state index >= 15 is 0 Å². The van der Waals surface area contributed by atoms with Gasteiger partial charge in [-0.1, -0.05) is 112 Å². The van der Waals surface area contributed by atoms with E-state index in [9.17, 15) is 31.2 Å². The zero-order valence-corrected chi connectivity index (χ0v) is 53.0. The molecule has 28 heteroatoms. The summed E-state index contributed by atoms with van der Waals surface area (Å²) in [7, 11) is -6.59. The number of unbranched alkanes of at least 4 members (excludes halogenated alkanes) is 1. The Labute approximate surface area is 534 Å². The summed E-state index contributed by atoms with van der Waals surface area (Å²) in [5.41, 5.74) is 6.24. The Kier molecular flexibility index (Phi) is 33.4. The summed E-state index contributed by atoms with van der Waals surface area (Å²) < 4.78 is 59.4. The van der Waals surface area contributed by atoms with E-state index in [4.69, 9.17) is 30.4 Å². The highest BCUT2D eigenvalue weighted by Gasteiger charge is 2.17. The fourth-order valence-electron chi connectivity index (χ4n) is 7.61. The molecule has 0 aliphatic carbocycles. The number of sulfone groups is 1. The second-order valence-electron chi connectivity index (χ2n) is 18.1. The predicted octanol–water partition coefficient (Wildman–Crippen LogP) is 15.1. The number of halogens is 1. The van der Waals surface area contributed by atoms with E-state index in [0.717, 1.165) is 104 Å². The number of benzene rings is 5. The maximum atomic E-state index is 11.1. The zero-order chi connectivity index (χ0) is 62.2. The van der Waals surface area contributed by atoms with E-state index in [0.29, 0.717) is 65.5 Å². The average molecular weight is 1390 g/mol. The van der Waals surface area contributed by atoms with Crippen molar-refractivity contribution >= 4 is 129 Å². The minimum absolute atomic E-state index is 0. The summed E-state index contributed by atoms with van der Waals surface area (Å²) in [6.07, 6.45) is 3.60. The molecular weight excluding hydrogens is 1330 g/mol. The number of carbonyl (C=O) groups is 3. The molecule has 20 nitrogen and oxygen atoms in total. The lowest BCUT2D eigenvalue weighted by Gasteiger charge is -2.24. The normalized spacial score (nSPS) is 12.0. The topological polar surface area (TPSA) is 296 Å². The number of anilines is 3. The lowest BCUT2D eigenvalue weighted by atomic mass is 10.2. The van der Waals surface area contributed by atoms with Crippen molar-refractivity contribution in [2.75, 3.05) is 38.9 Å². The molecule has 87 heavy (non-hydrogen) atoms. The molecule has 3 aromatic heterocycles. The molecule has 468 valence electrons. The largest absolute Gasteiger partial charge is 0.478 e. The van der Waals surface area contributed by atoms with Gasteiger partial charge in [0.2, 0.25) is 0 Å². The Morgan fingerprint density at radius 3 is 1.51 bits per heavy atom. The van der Waals surface area contributed by atoms with Crippen LogP contribution in [0.1, 0.15) is 89.9 Å². The SMILES string of the molecule is C.O=C(O)c1csc(CN(CCCCSOOO)c2ccccc2)c1.O=C(O)c1csc(CN(Cc2ccc(SOOO)cc2)c2ccccc2)c1.O=C(O)c1csc(CNc2ccccc2)c1.O=S(=O)(O)c1ccc(CBr)cc1.O=S1(=O)CCCC1. The molecule has 4 heterocycles. The number of carboxylic acids is 3. The molecule has 0 atom stereocenters. The van der Waals surface area contributed by atoms with Gasteiger partial charge >= 0.3 is 17.9 Å². The van der Waals surface area contributed by atoms with Crippen LogP contribution in [-0.2, 0) is 70.2 Å². The highest BCUT2D eigenvalue weighted by atomic mass is 79.9. The van der Waals surface area contributed by atoms with Gasteiger partial charge in [-0.05, 0) is 116 Å². The molecule has 5 aromatic carbocycles. The Morgan fingerprint density at radius 2 is 1.06 bits per heavy atom. The van der Waals surface area contributed by atoms with Gasteiger partial charge in [0.15, 0.2) is 0 Å². The van der Waals surface area contributed by atoms with Gasteiger partial charge in [-0.3, -0.25) is 4.55 Å². The molecule has 9 rings (SSSR count). The van der Waals surface area contributed by atoms with Crippen molar-refractivity contribution in [3.05, 3.63) is 216 Å². The molecule has 1 fully saturated rings. The number of thiophene rings is 3. The monoisotopic (exact) mass is 1390 g/mol. The number of para-hydroxylation sites is 3. The lowest BCUT2D eigenvalue weighted by molar-refractivity contribution is -0.432. The van der Waals surface area contributed by atoms with E-state index < -0.39 is 37.9 Å². The first-order valence-electron chi connectivity index (χ1n) is 25.8. The number of hydrogen-bond donors (Lipinski definition) is 7. The Bertz CT molecular complexity index is 3480. The molecule has 7 N–H and O–H groups in total. The number of alkyl halides is 1. The Hall–Kier alpha value is -6.19. The summed E-state index contributed by atoms with van der Waals surface area (Å²) in [6.45, 7) is 3.44. The average Bonchev–Trinajstić information content (AvgIpc) is 4.60. The van der Waals surface area contributed by atoms with Crippen molar-refractivity contribution in [3.8, 4) is 0 Å². The summed E-state index contributed by atoms with van der Waals surface area (Å²) in [6, 6.07) is 48.7. The third kappa shape index (κ3) is 28.2. The molecule has 1 saturated heterocycles. The van der Waals surface area contributed by atoms with Gasteiger partial charge in [0, 0.05) is 95.5 Å². The van der Waals surface area contributed by atoms with E-state index in [1.807, 2.05) is 115 Å². The van der Waals surface area contributed by atoms with Gasteiger partial charge in [-0.25, -0.2) is 33.3 Å². The fourth-order valence-corrected chi connectivity index (χ4v) is 13.3. The smallest absolute Gasteiger partial charge is 0.336 e. The Morgan fingerprint density at radius 1 is 0.598 bits per heavy atom. The quantitative estimate of drug-likeness (QED) is 0.00662. The van der Waals surface area contributed by atoms with Crippen molar-refractivity contribution in [1.29, 1.82) is 0 Å². The second kappa shape index (κ2) is 39.7. The summed E-state index contributed by atoms with van der Waals surface area (Å²) in [4.78, 5) is 41.0. The third-order valence-electron chi connectivity index (χ3n) is 11.9. The van der Waals surface area contributed by atoms with Crippen molar-refractivity contribution in [3.63, 3.8) is 0 Å². The molecule has 0 spiro atoms. The van der Waals surface area contributed by atoms with Gasteiger partial charge in [-0.15, -0.1) is 42.7 Å². The van der Waals surface area contributed by atoms with Gasteiger partial charge in [0.05, 0.1) is 58.2 Å². The molecule has 0 bridgehead atoms. The lowest BCUT2D eigenvalue weighted by Crippen LogP contribution is -2.23. The van der Waals surface area contributed by atoms with Crippen molar-refractivity contribution < 1.29 is 80.4 Å². The molecular formula is C59H66BrN3O17S7. The molecule has 1 aliphatic heterocycles. The van der Waals surface area contributed by atoms with Crippen LogP contribution in [0.4, 0.5) is 17.1 Å². The van der Waals surface area contributed by atoms with Crippen LogP contribution in [0.2, 0.25) is 0 Å². The predicted molar refractivity (Wildman–Crippen MR) is 349 cm³/mol. The van der Waals surface area contributed by atoms with Crippen LogP contribution in [-0.4, -0.2) is 88.9 Å². The van der Waals surface area contributed by atoms with Gasteiger partial charge in [0.1, 0.15) is 9.84 Å². The van der Waals surface area contributed by atoms with Crippen molar-refractivity contribution in [2.45, 2.75) is 74.4 Å². The van der Waals surface area contributed by atoms with E-state index in [2.05, 4.69) is 49.8 Å². The summed E-state index contributed by atoms with van der Waals surface area (Å²) in [5.74, 6) is -1.12. The number of aromatic carboxylic acids is 3. The van der Waals surface area contributed by atoms with Crippen molar-refractivity contribution in [1.82, 2.24) is 0 Å². The number of carboxylic acid groups (broad SMARTS) is 3. The van der Waals surface area contributed by atoms with E-state index in [1.54, 1.807) is 46.5 Å². The first-order valence-corrected chi connectivity index (χ1v) is 34.5. The minimum atomic E-state index is -4.04. The molecule has 0 radical (unpaired) electrons. The number of rotatable bonds is 26. The molecule has 1 aliphatic rings. The van der Waals surface area contributed by atoms with Gasteiger partial charge in [-0.2, -0.15) is 8.42 Å². The maximum Gasteiger partial charge on any atom is 0.336 e. The fraction of sp³-hybridized carbons (Fsp3) is 0.237. The van der Waals surface area contributed by atoms with Gasteiger partial charge < -0.3 is 30.4 Å². The summed E-state index contributed by atoms with van der Waals surface area (Å²) in [5, 5.41) is 59.3. The first-order chi connectivity index (χ1) is 41.4. The van der Waals surface area contributed by atoms with Crippen LogP contribution in [0, 0.1) is 0 Å².